The van der Waals surface area contributed by atoms with Crippen LogP contribution in [-0.2, 0) is 42.5 Å². The van der Waals surface area contributed by atoms with Gasteiger partial charge in [0.15, 0.2) is 5.60 Å². The molecule has 12 nitrogen and oxygen atoms in total. The number of nitrogens with zero attached hydrogens (tertiary/aromatic N) is 4. The Labute approximate surface area is 302 Å². The van der Waals surface area contributed by atoms with Crippen LogP contribution < -0.4 is 14.7 Å². The summed E-state index contributed by atoms with van der Waals surface area (Å²) >= 11 is 0. The van der Waals surface area contributed by atoms with Crippen molar-refractivity contribution in [3.05, 3.63) is 89.5 Å². The average molecular weight is 731 g/mol. The second-order valence-corrected chi connectivity index (χ2v) is 18.1. The van der Waals surface area contributed by atoms with E-state index in [9.17, 15) is 19.5 Å². The first kappa shape index (κ1) is 35.6. The van der Waals surface area contributed by atoms with E-state index in [1.165, 1.54) is 14.7 Å². The molecule has 0 aromatic heterocycles. The Kier molecular flexibility index (Phi) is 9.57. The Balaban J connectivity index is 1.26. The molecule has 4 heterocycles. The van der Waals surface area contributed by atoms with Crippen molar-refractivity contribution in [2.45, 2.75) is 56.8 Å². The van der Waals surface area contributed by atoms with Gasteiger partial charge in [0.25, 0.3) is 5.91 Å². The van der Waals surface area contributed by atoms with Crippen LogP contribution >= 0.6 is 0 Å². The van der Waals surface area contributed by atoms with Gasteiger partial charge in [-0.25, -0.2) is 9.59 Å². The molecule has 1 N–H and O–H groups in total. The summed E-state index contributed by atoms with van der Waals surface area (Å²) in [6.07, 6.45) is -2.06. The molecule has 7 rings (SSSR count). The van der Waals surface area contributed by atoms with Crippen LogP contribution in [0.3, 0.4) is 0 Å². The van der Waals surface area contributed by atoms with Gasteiger partial charge in [-0.15, -0.1) is 0 Å². The molecule has 3 fully saturated rings. The van der Waals surface area contributed by atoms with Crippen LogP contribution in [0, 0.1) is 5.92 Å². The van der Waals surface area contributed by atoms with Crippen LogP contribution in [0.5, 0.6) is 0 Å². The summed E-state index contributed by atoms with van der Waals surface area (Å²) in [5.74, 6) is -1.39. The van der Waals surface area contributed by atoms with Crippen molar-refractivity contribution in [1.29, 1.82) is 0 Å². The Morgan fingerprint density at radius 2 is 1.58 bits per heavy atom. The average Bonchev–Trinajstić information content (AvgIpc) is 3.87. The second-order valence-electron chi connectivity index (χ2n) is 14.3. The van der Waals surface area contributed by atoms with Crippen molar-refractivity contribution in [3.63, 3.8) is 0 Å². The number of benzene rings is 3. The lowest BCUT2D eigenvalue weighted by atomic mass is 9.82. The third-order valence-corrected chi connectivity index (χ3v) is 13.1. The third kappa shape index (κ3) is 6.32. The van der Waals surface area contributed by atoms with E-state index in [0.29, 0.717) is 35.7 Å². The molecule has 3 aromatic rings. The normalized spacial score (nSPS) is 24.1. The lowest BCUT2D eigenvalue weighted by Gasteiger charge is -2.31. The van der Waals surface area contributed by atoms with E-state index in [1.807, 2.05) is 55.5 Å². The summed E-state index contributed by atoms with van der Waals surface area (Å²) in [7, 11) is -3.61. The van der Waals surface area contributed by atoms with Gasteiger partial charge in [0, 0.05) is 41.5 Å². The Morgan fingerprint density at radius 1 is 0.923 bits per heavy atom. The smallest absolute Gasteiger partial charge is 0.414 e. The maximum atomic E-state index is 16.6. The summed E-state index contributed by atoms with van der Waals surface area (Å²) in [4.78, 5) is 60.2. The number of hydrogen-bond acceptors (Lipinski definition) is 8. The molecule has 3 saturated heterocycles. The van der Waals surface area contributed by atoms with Crippen LogP contribution in [-0.4, -0.2) is 88.0 Å². The Bertz CT molecular complexity index is 1870. The number of carbonyl (C=O) groups excluding carboxylic acids is 4. The van der Waals surface area contributed by atoms with Crippen LogP contribution in [0.2, 0.25) is 18.6 Å². The highest BCUT2D eigenvalue weighted by Crippen LogP contribution is 2.61. The number of anilines is 3. The van der Waals surface area contributed by atoms with Gasteiger partial charge in [0.1, 0.15) is 13.2 Å². The Hall–Kier alpha value is -4.79. The summed E-state index contributed by atoms with van der Waals surface area (Å²) in [5.41, 5.74) is 1.43. The fourth-order valence-corrected chi connectivity index (χ4v) is 10.8. The number of ether oxygens (including phenoxy) is 3. The van der Waals surface area contributed by atoms with Crippen LogP contribution in [0.25, 0.3) is 0 Å². The van der Waals surface area contributed by atoms with Crippen molar-refractivity contribution in [3.8, 4) is 0 Å². The van der Waals surface area contributed by atoms with E-state index < -0.39 is 49.7 Å². The molecule has 3 aromatic carbocycles. The van der Waals surface area contributed by atoms with E-state index in [4.69, 9.17) is 14.2 Å². The molecule has 52 heavy (non-hydrogen) atoms. The number of fused-ring (bicyclic) bond motifs is 2. The highest BCUT2D eigenvalue weighted by molar-refractivity contribution is 6.72. The standard InChI is InChI=1S/C38H43FN4O8Si/c1-25-34(52(2,3)39)32(22-33(45)40(14-17-44)23-26-8-5-4-6-9-26)51-38(25)30-21-29(42-16-19-50-37(42)48)12-13-31(30)43(35(38)46)24-27-10-7-11-28(20-27)41-15-18-49-36(41)47/h4-13,20-21,25,32,34,44H,14-19,22-24H2,1-3H3/t25-,32+,34-,38+/m0/s1. The number of carbonyl (C=O) groups is 4. The van der Waals surface area contributed by atoms with Gasteiger partial charge in [-0.05, 0) is 54.6 Å². The molecule has 274 valence electrons. The SMILES string of the molecule is C[C@H]1[C@H]([Si](C)(C)F)[C@@H](CC(=O)N(CCO)Cc2ccccc2)O[C@]12C(=O)N(Cc1cccc(N3CCOC3=O)c1)c1ccc(N3CCOC3=O)cc12. The van der Waals surface area contributed by atoms with Gasteiger partial charge < -0.3 is 33.2 Å². The van der Waals surface area contributed by atoms with Crippen LogP contribution in [0.1, 0.15) is 30.0 Å². The van der Waals surface area contributed by atoms with Crippen molar-refractivity contribution in [2.75, 3.05) is 54.2 Å². The molecule has 0 saturated carbocycles. The number of cyclic esters (lactones) is 2. The van der Waals surface area contributed by atoms with Crippen molar-refractivity contribution in [1.82, 2.24) is 4.90 Å². The van der Waals surface area contributed by atoms with Gasteiger partial charge in [-0.1, -0.05) is 49.4 Å². The first-order valence-electron chi connectivity index (χ1n) is 17.7. The lowest BCUT2D eigenvalue weighted by Crippen LogP contribution is -2.45. The molecule has 0 bridgehead atoms. The summed E-state index contributed by atoms with van der Waals surface area (Å²) in [5, 5.41) is 9.84. The molecule has 0 unspecified atom stereocenters. The predicted octanol–water partition coefficient (Wildman–Crippen LogP) is 5.33. The molecule has 4 atom stereocenters. The minimum atomic E-state index is -3.61. The number of rotatable bonds is 11. The molecular formula is C38H43FN4O8Si. The van der Waals surface area contributed by atoms with Crippen molar-refractivity contribution in [2.24, 2.45) is 5.92 Å². The monoisotopic (exact) mass is 730 g/mol. The summed E-state index contributed by atoms with van der Waals surface area (Å²) in [6, 6.07) is 22.0. The molecule has 1 spiro atoms. The Morgan fingerprint density at radius 3 is 2.19 bits per heavy atom. The second kappa shape index (κ2) is 14.0. The molecule has 0 radical (unpaired) electrons. The largest absolute Gasteiger partial charge is 0.447 e. The first-order chi connectivity index (χ1) is 24.9. The van der Waals surface area contributed by atoms with Gasteiger partial charge >= 0.3 is 12.2 Å². The van der Waals surface area contributed by atoms with Gasteiger partial charge in [-0.2, -0.15) is 0 Å². The van der Waals surface area contributed by atoms with Crippen LogP contribution in [0.15, 0.2) is 72.8 Å². The summed E-state index contributed by atoms with van der Waals surface area (Å²) < 4.78 is 33.8. The zero-order chi connectivity index (χ0) is 36.8. The van der Waals surface area contributed by atoms with E-state index >= 15 is 8.90 Å². The zero-order valence-corrected chi connectivity index (χ0v) is 30.5. The topological polar surface area (TPSA) is 129 Å². The van der Waals surface area contributed by atoms with Gasteiger partial charge in [-0.3, -0.25) is 19.4 Å². The maximum Gasteiger partial charge on any atom is 0.414 e. The van der Waals surface area contributed by atoms with Crippen molar-refractivity contribution >= 4 is 49.5 Å². The number of amides is 4. The number of aliphatic hydroxyl groups is 1. The molecular weight excluding hydrogens is 688 g/mol. The van der Waals surface area contributed by atoms with Gasteiger partial charge in [0.2, 0.25) is 14.3 Å². The molecule has 4 amide bonds. The fraction of sp³-hybridized carbons (Fsp3) is 0.421. The minimum absolute atomic E-state index is 0.0846. The first-order valence-corrected chi connectivity index (χ1v) is 20.6. The fourth-order valence-electron chi connectivity index (χ4n) is 8.34. The third-order valence-electron chi connectivity index (χ3n) is 10.7. The zero-order valence-electron chi connectivity index (χ0n) is 29.5. The number of aliphatic hydroxyl groups excluding tert-OH is 1. The van der Waals surface area contributed by atoms with E-state index in [1.54, 1.807) is 42.3 Å². The van der Waals surface area contributed by atoms with E-state index in [-0.39, 0.29) is 51.8 Å². The van der Waals surface area contributed by atoms with E-state index in [0.717, 1.165) is 11.1 Å². The molecule has 4 aliphatic heterocycles. The predicted molar refractivity (Wildman–Crippen MR) is 193 cm³/mol. The highest BCUT2D eigenvalue weighted by Gasteiger charge is 2.67. The number of hydrogen-bond donors (Lipinski definition) is 1. The van der Waals surface area contributed by atoms with E-state index in [2.05, 4.69) is 0 Å². The lowest BCUT2D eigenvalue weighted by molar-refractivity contribution is -0.150. The van der Waals surface area contributed by atoms with Gasteiger partial charge in [0.05, 0.1) is 44.5 Å². The highest BCUT2D eigenvalue weighted by atomic mass is 28.4. The quantitative estimate of drug-likeness (QED) is 0.207. The summed E-state index contributed by atoms with van der Waals surface area (Å²) in [6.45, 7) is 6.44. The van der Waals surface area contributed by atoms with Crippen molar-refractivity contribution < 1.29 is 42.6 Å². The maximum absolute atomic E-state index is 16.6. The number of halogens is 1. The molecule has 14 heteroatoms. The minimum Gasteiger partial charge on any atom is -0.447 e. The molecule has 0 aliphatic carbocycles. The van der Waals surface area contributed by atoms with Crippen LogP contribution in [0.4, 0.5) is 30.8 Å². The molecule has 4 aliphatic rings.